The number of rotatable bonds is 5. The Labute approximate surface area is 57.3 Å². The van der Waals surface area contributed by atoms with Crippen LogP contribution in [-0.2, 0) is 0 Å². The Morgan fingerprint density at radius 1 is 1.44 bits per heavy atom. The molecule has 0 rings (SSSR count). The summed E-state index contributed by atoms with van der Waals surface area (Å²) in [6.45, 7) is 5.51. The van der Waals surface area contributed by atoms with Gasteiger partial charge in [-0.3, -0.25) is 0 Å². The molecular weight excluding hydrogens is 114 g/mol. The molecule has 0 amide bonds. The van der Waals surface area contributed by atoms with Crippen LogP contribution in [0.1, 0.15) is 26.7 Å². The van der Waals surface area contributed by atoms with Crippen molar-refractivity contribution in [2.45, 2.75) is 32.7 Å². The molecule has 1 unspecified atom stereocenters. The Hall–Kier alpha value is -0.0800. The Kier molecular flexibility index (Phi) is 5.99. The molecule has 0 saturated heterocycles. The monoisotopic (exact) mass is 131 g/mol. The Bertz CT molecular complexity index is 50.9. The predicted molar refractivity (Wildman–Crippen MR) is 39.5 cm³/mol. The summed E-state index contributed by atoms with van der Waals surface area (Å²) >= 11 is 0. The molecule has 0 spiro atoms. The quantitative estimate of drug-likeness (QED) is 0.577. The second-order valence-electron chi connectivity index (χ2n) is 2.18. The van der Waals surface area contributed by atoms with Crippen molar-refractivity contribution in [3.63, 3.8) is 0 Å². The molecule has 9 heavy (non-hydrogen) atoms. The maximum atomic E-state index is 8.55. The van der Waals surface area contributed by atoms with Crippen molar-refractivity contribution < 1.29 is 5.11 Å². The van der Waals surface area contributed by atoms with Crippen LogP contribution < -0.4 is 5.32 Å². The Morgan fingerprint density at radius 2 is 2.11 bits per heavy atom. The van der Waals surface area contributed by atoms with Gasteiger partial charge in [-0.1, -0.05) is 13.8 Å². The van der Waals surface area contributed by atoms with E-state index in [-0.39, 0.29) is 0 Å². The molecule has 56 valence electrons. The fourth-order valence-corrected chi connectivity index (χ4v) is 0.895. The first-order valence-electron chi connectivity index (χ1n) is 3.69. The van der Waals surface area contributed by atoms with Crippen molar-refractivity contribution in [3.05, 3.63) is 0 Å². The maximum absolute atomic E-state index is 8.55. The van der Waals surface area contributed by atoms with Crippen LogP contribution in [0.25, 0.3) is 0 Å². The third-order valence-corrected chi connectivity index (χ3v) is 1.46. The van der Waals surface area contributed by atoms with Crippen molar-refractivity contribution in [1.82, 2.24) is 5.32 Å². The van der Waals surface area contributed by atoms with Gasteiger partial charge in [0.2, 0.25) is 0 Å². The lowest BCUT2D eigenvalue weighted by Crippen LogP contribution is -2.28. The van der Waals surface area contributed by atoms with Crippen LogP contribution in [-0.4, -0.2) is 24.3 Å². The molecule has 0 aromatic heterocycles. The van der Waals surface area contributed by atoms with Crippen LogP contribution in [0.5, 0.6) is 0 Å². The van der Waals surface area contributed by atoms with E-state index in [0.717, 1.165) is 19.4 Å². The summed E-state index contributed by atoms with van der Waals surface area (Å²) in [4.78, 5) is 0. The highest BCUT2D eigenvalue weighted by Crippen LogP contribution is 1.94. The lowest BCUT2D eigenvalue weighted by Gasteiger charge is -2.12. The molecule has 0 saturated carbocycles. The lowest BCUT2D eigenvalue weighted by molar-refractivity contribution is 0.263. The van der Waals surface area contributed by atoms with Crippen LogP contribution >= 0.6 is 0 Å². The van der Waals surface area contributed by atoms with Gasteiger partial charge in [-0.25, -0.2) is 0 Å². The maximum Gasteiger partial charge on any atom is 0.0445 e. The van der Waals surface area contributed by atoms with Gasteiger partial charge in [0.25, 0.3) is 0 Å². The summed E-state index contributed by atoms with van der Waals surface area (Å²) < 4.78 is 0. The largest absolute Gasteiger partial charge is 0.396 e. The van der Waals surface area contributed by atoms with Crippen molar-refractivity contribution in [1.29, 1.82) is 0 Å². The first-order valence-corrected chi connectivity index (χ1v) is 3.69. The summed E-state index contributed by atoms with van der Waals surface area (Å²) in [6.07, 6.45) is 1.98. The first kappa shape index (κ1) is 8.92. The first-order chi connectivity index (χ1) is 4.35. The molecule has 0 heterocycles. The fourth-order valence-electron chi connectivity index (χ4n) is 0.895. The van der Waals surface area contributed by atoms with Crippen LogP contribution in [0.3, 0.4) is 0 Å². The zero-order valence-corrected chi connectivity index (χ0v) is 6.35. The molecule has 0 fully saturated rings. The van der Waals surface area contributed by atoms with Crippen LogP contribution in [0.15, 0.2) is 0 Å². The normalized spacial score (nSPS) is 13.7. The molecule has 0 aliphatic carbocycles. The number of hydrogen-bond acceptors (Lipinski definition) is 2. The van der Waals surface area contributed by atoms with Gasteiger partial charge in [-0.05, 0) is 19.4 Å². The summed E-state index contributed by atoms with van der Waals surface area (Å²) in [5.74, 6) is 0. The molecule has 0 aromatic carbocycles. The van der Waals surface area contributed by atoms with E-state index in [0.29, 0.717) is 12.6 Å². The molecule has 2 heteroatoms. The minimum Gasteiger partial charge on any atom is -0.396 e. The summed E-state index contributed by atoms with van der Waals surface area (Å²) in [7, 11) is 0. The molecule has 0 aliphatic heterocycles. The average molecular weight is 131 g/mol. The summed E-state index contributed by atoms with van der Waals surface area (Å²) in [6, 6.07) is 0.514. The topological polar surface area (TPSA) is 32.3 Å². The third-order valence-electron chi connectivity index (χ3n) is 1.46. The minimum atomic E-state index is 0.297. The van der Waals surface area contributed by atoms with Gasteiger partial charge in [0.05, 0.1) is 0 Å². The van der Waals surface area contributed by atoms with E-state index in [9.17, 15) is 0 Å². The van der Waals surface area contributed by atoms with Gasteiger partial charge in [0.1, 0.15) is 0 Å². The van der Waals surface area contributed by atoms with E-state index in [1.165, 1.54) is 0 Å². The highest BCUT2D eigenvalue weighted by molar-refractivity contribution is 4.61. The molecule has 1 atom stereocenters. The molecule has 0 radical (unpaired) electrons. The Balaban J connectivity index is 3.18. The van der Waals surface area contributed by atoms with Crippen molar-refractivity contribution in [3.8, 4) is 0 Å². The van der Waals surface area contributed by atoms with E-state index in [1.807, 2.05) is 0 Å². The molecule has 2 nitrogen and oxygen atoms in total. The van der Waals surface area contributed by atoms with Crippen molar-refractivity contribution in [2.24, 2.45) is 0 Å². The summed E-state index contributed by atoms with van der Waals surface area (Å²) in [5, 5.41) is 11.8. The fraction of sp³-hybridized carbons (Fsp3) is 1.00. The van der Waals surface area contributed by atoms with E-state index in [1.54, 1.807) is 0 Å². The van der Waals surface area contributed by atoms with Gasteiger partial charge >= 0.3 is 0 Å². The van der Waals surface area contributed by atoms with Gasteiger partial charge < -0.3 is 10.4 Å². The second-order valence-corrected chi connectivity index (χ2v) is 2.18. The van der Waals surface area contributed by atoms with Gasteiger partial charge in [-0.2, -0.15) is 0 Å². The molecule has 0 bridgehead atoms. The van der Waals surface area contributed by atoms with Gasteiger partial charge in [0, 0.05) is 12.6 Å². The standard InChI is InChI=1S/C7H17NO/c1-3-7(5-6-9)8-4-2/h7-9H,3-6H2,1-2H3. The molecule has 0 aliphatic rings. The Morgan fingerprint density at radius 3 is 2.44 bits per heavy atom. The van der Waals surface area contributed by atoms with E-state index >= 15 is 0 Å². The highest BCUT2D eigenvalue weighted by Gasteiger charge is 2.00. The molecular formula is C7H17NO. The summed E-state index contributed by atoms with van der Waals surface area (Å²) in [5.41, 5.74) is 0. The zero-order valence-electron chi connectivity index (χ0n) is 6.35. The van der Waals surface area contributed by atoms with Gasteiger partial charge in [-0.15, -0.1) is 0 Å². The SMILES string of the molecule is CCNC(CC)CCO. The molecule has 0 aromatic rings. The smallest absolute Gasteiger partial charge is 0.0445 e. The predicted octanol–water partition coefficient (Wildman–Crippen LogP) is 0.757. The molecule has 2 N–H and O–H groups in total. The highest BCUT2D eigenvalue weighted by atomic mass is 16.3. The zero-order chi connectivity index (χ0) is 7.11. The van der Waals surface area contributed by atoms with E-state index in [2.05, 4.69) is 19.2 Å². The van der Waals surface area contributed by atoms with Crippen LogP contribution in [0, 0.1) is 0 Å². The van der Waals surface area contributed by atoms with Crippen LogP contribution in [0.2, 0.25) is 0 Å². The third kappa shape index (κ3) is 4.43. The van der Waals surface area contributed by atoms with E-state index in [4.69, 9.17) is 5.11 Å². The lowest BCUT2D eigenvalue weighted by atomic mass is 10.1. The number of hydrogen-bond donors (Lipinski definition) is 2. The number of aliphatic hydroxyl groups excluding tert-OH is 1. The van der Waals surface area contributed by atoms with Crippen LogP contribution in [0.4, 0.5) is 0 Å². The van der Waals surface area contributed by atoms with Crippen molar-refractivity contribution >= 4 is 0 Å². The number of aliphatic hydroxyl groups is 1. The second kappa shape index (κ2) is 6.05. The number of nitrogens with one attached hydrogen (secondary N) is 1. The van der Waals surface area contributed by atoms with E-state index < -0.39 is 0 Å². The minimum absolute atomic E-state index is 0.297. The van der Waals surface area contributed by atoms with Gasteiger partial charge in [0.15, 0.2) is 0 Å². The van der Waals surface area contributed by atoms with Crippen molar-refractivity contribution in [2.75, 3.05) is 13.2 Å². The average Bonchev–Trinajstić information content (AvgIpc) is 1.88.